The van der Waals surface area contributed by atoms with Gasteiger partial charge in [0.25, 0.3) is 10.1 Å². The Labute approximate surface area is 116 Å². The molecule has 2 heterocycles. The van der Waals surface area contributed by atoms with Crippen molar-refractivity contribution in [2.75, 3.05) is 6.26 Å². The van der Waals surface area contributed by atoms with Gasteiger partial charge < -0.3 is 5.11 Å². The van der Waals surface area contributed by atoms with Gasteiger partial charge in [0.05, 0.1) is 6.26 Å². The van der Waals surface area contributed by atoms with Crippen molar-refractivity contribution in [1.82, 2.24) is 19.9 Å². The van der Waals surface area contributed by atoms with Crippen molar-refractivity contribution in [1.29, 1.82) is 0 Å². The second-order valence-electron chi connectivity index (χ2n) is 3.45. The maximum atomic E-state index is 10.5. The van der Waals surface area contributed by atoms with Crippen molar-refractivity contribution >= 4 is 10.1 Å². The van der Waals surface area contributed by atoms with E-state index in [4.69, 9.17) is 5.11 Å². The number of hydrogen-bond donors (Lipinski definition) is 1. The molecule has 8 nitrogen and oxygen atoms in total. The van der Waals surface area contributed by atoms with Gasteiger partial charge in [0.15, 0.2) is 11.6 Å². The van der Waals surface area contributed by atoms with E-state index in [1.165, 1.54) is 12.4 Å². The molecule has 108 valence electrons. The van der Waals surface area contributed by atoms with Crippen LogP contribution in [0, 0.1) is 0 Å². The maximum absolute atomic E-state index is 10.5. The van der Waals surface area contributed by atoms with E-state index in [2.05, 4.69) is 24.1 Å². The first-order valence-corrected chi connectivity index (χ1v) is 7.30. The van der Waals surface area contributed by atoms with Gasteiger partial charge >= 0.3 is 0 Å². The number of nitrogens with zero attached hydrogens (tertiary/aromatic N) is 4. The van der Waals surface area contributed by atoms with Gasteiger partial charge in [-0.05, 0) is 12.1 Å². The van der Waals surface area contributed by atoms with Crippen LogP contribution in [0.2, 0.25) is 0 Å². The Balaban J connectivity index is 0.000000217. The van der Waals surface area contributed by atoms with Crippen LogP contribution >= 0.6 is 0 Å². The SMILES string of the molecule is CS(=O)(=O)OCc1ncccn1.OCc1ncccn1. The van der Waals surface area contributed by atoms with Crippen LogP contribution in [0.5, 0.6) is 0 Å². The normalized spacial score (nSPS) is 10.5. The Bertz CT molecular complexity index is 592. The van der Waals surface area contributed by atoms with Crippen LogP contribution < -0.4 is 0 Å². The summed E-state index contributed by atoms with van der Waals surface area (Å²) < 4.78 is 25.5. The molecule has 2 aromatic heterocycles. The van der Waals surface area contributed by atoms with E-state index in [1.54, 1.807) is 24.5 Å². The van der Waals surface area contributed by atoms with Crippen LogP contribution in [-0.2, 0) is 27.5 Å². The fourth-order valence-electron chi connectivity index (χ4n) is 0.976. The Morgan fingerprint density at radius 2 is 1.45 bits per heavy atom. The summed E-state index contributed by atoms with van der Waals surface area (Å²) in [7, 11) is -3.40. The number of aliphatic hydroxyl groups excluding tert-OH is 1. The molecule has 0 aliphatic heterocycles. The highest BCUT2D eigenvalue weighted by Gasteiger charge is 2.02. The minimum absolute atomic E-state index is 0.0825. The van der Waals surface area contributed by atoms with E-state index in [0.29, 0.717) is 11.6 Å². The monoisotopic (exact) mass is 298 g/mol. The summed E-state index contributed by atoms with van der Waals surface area (Å²) in [4.78, 5) is 15.0. The Morgan fingerprint density at radius 1 is 1.00 bits per heavy atom. The summed E-state index contributed by atoms with van der Waals surface area (Å²) in [6, 6.07) is 3.35. The molecule has 0 aromatic carbocycles. The molecule has 0 saturated heterocycles. The minimum Gasteiger partial charge on any atom is -0.388 e. The summed E-state index contributed by atoms with van der Waals surface area (Å²) in [5.74, 6) is 0.815. The highest BCUT2D eigenvalue weighted by molar-refractivity contribution is 7.85. The topological polar surface area (TPSA) is 115 Å². The van der Waals surface area contributed by atoms with Gasteiger partial charge in [0.2, 0.25) is 0 Å². The molecule has 20 heavy (non-hydrogen) atoms. The highest BCUT2D eigenvalue weighted by atomic mass is 32.2. The predicted molar refractivity (Wildman–Crippen MR) is 69.6 cm³/mol. The van der Waals surface area contributed by atoms with Gasteiger partial charge in [0, 0.05) is 24.8 Å². The van der Waals surface area contributed by atoms with Crippen molar-refractivity contribution in [3.05, 3.63) is 48.6 Å². The third-order valence-corrected chi connectivity index (χ3v) is 2.33. The van der Waals surface area contributed by atoms with Crippen molar-refractivity contribution in [2.45, 2.75) is 13.2 Å². The van der Waals surface area contributed by atoms with Crippen LogP contribution in [-0.4, -0.2) is 39.7 Å². The molecule has 0 radical (unpaired) electrons. The van der Waals surface area contributed by atoms with Crippen molar-refractivity contribution in [3.63, 3.8) is 0 Å². The third-order valence-electron chi connectivity index (χ3n) is 1.78. The molecule has 0 bridgehead atoms. The molecular weight excluding hydrogens is 284 g/mol. The van der Waals surface area contributed by atoms with Gasteiger partial charge in [-0.15, -0.1) is 0 Å². The molecular formula is C11H14N4O4S. The van der Waals surface area contributed by atoms with Gasteiger partial charge in [-0.2, -0.15) is 8.42 Å². The largest absolute Gasteiger partial charge is 0.388 e. The summed E-state index contributed by atoms with van der Waals surface area (Å²) in [6.45, 7) is -0.194. The Kier molecular flexibility index (Phi) is 6.64. The Morgan fingerprint density at radius 3 is 1.80 bits per heavy atom. The van der Waals surface area contributed by atoms with E-state index in [9.17, 15) is 8.42 Å². The minimum atomic E-state index is -3.40. The summed E-state index contributed by atoms with van der Waals surface area (Å²) in [5, 5.41) is 8.41. The molecule has 9 heteroatoms. The molecule has 0 saturated carbocycles. The number of rotatable bonds is 4. The predicted octanol–water partition coefficient (Wildman–Crippen LogP) is -0.0783. The van der Waals surface area contributed by atoms with Crippen LogP contribution in [0.4, 0.5) is 0 Å². The highest BCUT2D eigenvalue weighted by Crippen LogP contribution is 1.94. The molecule has 0 aliphatic rings. The molecule has 0 atom stereocenters. The molecule has 2 rings (SSSR count). The first-order valence-electron chi connectivity index (χ1n) is 5.48. The lowest BCUT2D eigenvalue weighted by molar-refractivity contribution is 0.271. The fourth-order valence-corrected chi connectivity index (χ4v) is 1.30. The van der Waals surface area contributed by atoms with E-state index in [1.807, 2.05) is 0 Å². The van der Waals surface area contributed by atoms with E-state index >= 15 is 0 Å². The van der Waals surface area contributed by atoms with Crippen LogP contribution in [0.1, 0.15) is 11.6 Å². The zero-order valence-corrected chi connectivity index (χ0v) is 11.6. The van der Waals surface area contributed by atoms with E-state index in [-0.39, 0.29) is 13.2 Å². The average Bonchev–Trinajstić information content (AvgIpc) is 2.47. The quantitative estimate of drug-likeness (QED) is 0.779. The van der Waals surface area contributed by atoms with Gasteiger partial charge in [0.1, 0.15) is 13.2 Å². The molecule has 0 spiro atoms. The smallest absolute Gasteiger partial charge is 0.264 e. The number of aromatic nitrogens is 4. The molecule has 2 aromatic rings. The zero-order chi connectivity index (χ0) is 14.8. The molecule has 0 fully saturated rings. The standard InChI is InChI=1S/C6H8N2O3S.C5H6N2O/c1-12(9,10)11-5-6-7-3-2-4-8-6;8-4-5-6-2-1-3-7-5/h2-4H,5H2,1H3;1-3,8H,4H2. The van der Waals surface area contributed by atoms with Crippen molar-refractivity contribution in [3.8, 4) is 0 Å². The van der Waals surface area contributed by atoms with Crippen LogP contribution in [0.3, 0.4) is 0 Å². The molecule has 0 unspecified atom stereocenters. The second kappa shape index (κ2) is 8.25. The Hall–Kier alpha value is -1.97. The molecule has 1 N–H and O–H groups in total. The summed E-state index contributed by atoms with van der Waals surface area (Å²) >= 11 is 0. The van der Waals surface area contributed by atoms with Crippen LogP contribution in [0.15, 0.2) is 36.9 Å². The summed E-state index contributed by atoms with van der Waals surface area (Å²) in [6.07, 6.45) is 7.22. The average molecular weight is 298 g/mol. The van der Waals surface area contributed by atoms with Gasteiger partial charge in [-0.1, -0.05) is 0 Å². The number of hydrogen-bond acceptors (Lipinski definition) is 8. The van der Waals surface area contributed by atoms with Crippen LogP contribution in [0.25, 0.3) is 0 Å². The summed E-state index contributed by atoms with van der Waals surface area (Å²) in [5.41, 5.74) is 0. The fraction of sp³-hybridized carbons (Fsp3) is 0.273. The lowest BCUT2D eigenvalue weighted by atomic mass is 10.6. The lowest BCUT2D eigenvalue weighted by Gasteiger charge is -1.97. The molecule has 0 aliphatic carbocycles. The van der Waals surface area contributed by atoms with Gasteiger partial charge in [-0.3, -0.25) is 4.18 Å². The van der Waals surface area contributed by atoms with Crippen molar-refractivity contribution < 1.29 is 17.7 Å². The number of aliphatic hydroxyl groups is 1. The van der Waals surface area contributed by atoms with Crippen molar-refractivity contribution in [2.24, 2.45) is 0 Å². The van der Waals surface area contributed by atoms with Gasteiger partial charge in [-0.25, -0.2) is 19.9 Å². The molecule has 0 amide bonds. The second-order valence-corrected chi connectivity index (χ2v) is 5.10. The first-order chi connectivity index (χ1) is 9.51. The lowest BCUT2D eigenvalue weighted by Crippen LogP contribution is -2.04. The van der Waals surface area contributed by atoms with E-state index < -0.39 is 10.1 Å². The first kappa shape index (κ1) is 16.1. The van der Waals surface area contributed by atoms with E-state index in [0.717, 1.165) is 6.26 Å². The zero-order valence-electron chi connectivity index (χ0n) is 10.7. The maximum Gasteiger partial charge on any atom is 0.264 e. The third kappa shape index (κ3) is 7.46.